The number of hydrogen-bond acceptors (Lipinski definition) is 5. The van der Waals surface area contributed by atoms with E-state index in [4.69, 9.17) is 5.73 Å². The minimum Gasteiger partial charge on any atom is -0.363 e. The van der Waals surface area contributed by atoms with Crippen molar-refractivity contribution in [3.8, 4) is 0 Å². The van der Waals surface area contributed by atoms with Gasteiger partial charge in [-0.1, -0.05) is 42.5 Å². The van der Waals surface area contributed by atoms with Crippen molar-refractivity contribution in [2.45, 2.75) is 26.3 Å². The predicted molar refractivity (Wildman–Crippen MR) is 104 cm³/mol. The average Bonchev–Trinajstić information content (AvgIpc) is 3.10. The number of nitrogens with two attached hydrogens (primary N) is 1. The Bertz CT molecular complexity index is 803. The SMILES string of the molecule is Cc1nc(C(N)=O)nc(N2CC[C@@H](NCC=Cc3ccccc3)C2)c1C. The number of aromatic nitrogens is 2. The highest BCUT2D eigenvalue weighted by molar-refractivity contribution is 5.89. The molecule has 2 heterocycles. The van der Waals surface area contributed by atoms with Crippen LogP contribution in [0.4, 0.5) is 5.82 Å². The minimum atomic E-state index is -0.589. The number of hydrogen-bond donors (Lipinski definition) is 2. The molecule has 1 amide bonds. The van der Waals surface area contributed by atoms with Crippen LogP contribution >= 0.6 is 0 Å². The van der Waals surface area contributed by atoms with Crippen molar-refractivity contribution in [1.82, 2.24) is 15.3 Å². The van der Waals surface area contributed by atoms with Gasteiger partial charge in [-0.05, 0) is 25.8 Å². The van der Waals surface area contributed by atoms with Gasteiger partial charge in [-0.15, -0.1) is 0 Å². The van der Waals surface area contributed by atoms with E-state index in [2.05, 4.69) is 44.5 Å². The van der Waals surface area contributed by atoms with Crippen LogP contribution in [0.3, 0.4) is 0 Å². The minimum absolute atomic E-state index is 0.0882. The number of anilines is 1. The van der Waals surface area contributed by atoms with E-state index in [9.17, 15) is 4.79 Å². The first-order valence-corrected chi connectivity index (χ1v) is 8.89. The molecule has 0 radical (unpaired) electrons. The Morgan fingerprint density at radius 2 is 2.08 bits per heavy atom. The Morgan fingerprint density at radius 3 is 2.81 bits per heavy atom. The number of amides is 1. The second-order valence-electron chi connectivity index (χ2n) is 6.60. The summed E-state index contributed by atoms with van der Waals surface area (Å²) in [6, 6.07) is 10.7. The Balaban J connectivity index is 1.59. The van der Waals surface area contributed by atoms with E-state index < -0.39 is 5.91 Å². The number of primary amides is 1. The van der Waals surface area contributed by atoms with Crippen molar-refractivity contribution in [2.75, 3.05) is 24.5 Å². The number of benzene rings is 1. The molecule has 3 N–H and O–H groups in total. The second-order valence-corrected chi connectivity index (χ2v) is 6.60. The van der Waals surface area contributed by atoms with Crippen LogP contribution in [0.5, 0.6) is 0 Å². The standard InChI is InChI=1S/C20H25N5O/c1-14-15(2)23-19(18(21)26)24-20(14)25-12-10-17(13-25)22-11-6-9-16-7-4-3-5-8-16/h3-9,17,22H,10-13H2,1-2H3,(H2,21,26)/t17-/m1/s1. The lowest BCUT2D eigenvalue weighted by Gasteiger charge is -2.21. The lowest BCUT2D eigenvalue weighted by atomic mass is 10.2. The summed E-state index contributed by atoms with van der Waals surface area (Å²) in [7, 11) is 0. The lowest BCUT2D eigenvalue weighted by Crippen LogP contribution is -2.33. The van der Waals surface area contributed by atoms with E-state index in [0.29, 0.717) is 6.04 Å². The van der Waals surface area contributed by atoms with Gasteiger partial charge in [-0.25, -0.2) is 9.97 Å². The molecule has 136 valence electrons. The number of nitrogens with zero attached hydrogens (tertiary/aromatic N) is 3. The number of carbonyl (C=O) groups is 1. The topological polar surface area (TPSA) is 84.1 Å². The number of nitrogens with one attached hydrogen (secondary N) is 1. The van der Waals surface area contributed by atoms with Crippen LogP contribution in [0, 0.1) is 13.8 Å². The van der Waals surface area contributed by atoms with Crippen molar-refractivity contribution in [3.63, 3.8) is 0 Å². The van der Waals surface area contributed by atoms with Crippen LogP contribution in [0.15, 0.2) is 36.4 Å². The molecule has 1 aromatic heterocycles. The van der Waals surface area contributed by atoms with E-state index >= 15 is 0 Å². The maximum atomic E-state index is 11.4. The second kappa shape index (κ2) is 8.10. The summed E-state index contributed by atoms with van der Waals surface area (Å²) in [6.07, 6.45) is 5.30. The fourth-order valence-electron chi connectivity index (χ4n) is 3.14. The summed E-state index contributed by atoms with van der Waals surface area (Å²) in [6.45, 7) is 6.44. The molecule has 26 heavy (non-hydrogen) atoms. The van der Waals surface area contributed by atoms with Crippen molar-refractivity contribution in [3.05, 3.63) is 59.1 Å². The van der Waals surface area contributed by atoms with Crippen LogP contribution in [0.25, 0.3) is 6.08 Å². The maximum Gasteiger partial charge on any atom is 0.286 e. The van der Waals surface area contributed by atoms with Gasteiger partial charge in [0.1, 0.15) is 5.82 Å². The molecule has 0 spiro atoms. The smallest absolute Gasteiger partial charge is 0.286 e. The van der Waals surface area contributed by atoms with Gasteiger partial charge in [-0.2, -0.15) is 0 Å². The zero-order valence-electron chi connectivity index (χ0n) is 15.3. The monoisotopic (exact) mass is 351 g/mol. The van der Waals surface area contributed by atoms with E-state index in [1.165, 1.54) is 5.56 Å². The first-order valence-electron chi connectivity index (χ1n) is 8.89. The largest absolute Gasteiger partial charge is 0.363 e. The first kappa shape index (κ1) is 18.1. The average molecular weight is 351 g/mol. The fraction of sp³-hybridized carbons (Fsp3) is 0.350. The summed E-state index contributed by atoms with van der Waals surface area (Å²) in [5, 5.41) is 3.56. The highest BCUT2D eigenvalue weighted by Crippen LogP contribution is 2.23. The van der Waals surface area contributed by atoms with E-state index in [1.54, 1.807) is 0 Å². The fourth-order valence-corrected chi connectivity index (χ4v) is 3.14. The molecule has 2 aromatic rings. The molecule has 1 atom stereocenters. The van der Waals surface area contributed by atoms with Gasteiger partial charge in [0.25, 0.3) is 5.91 Å². The van der Waals surface area contributed by atoms with Crippen molar-refractivity contribution in [2.24, 2.45) is 5.73 Å². The van der Waals surface area contributed by atoms with Crippen molar-refractivity contribution < 1.29 is 4.79 Å². The maximum absolute atomic E-state index is 11.4. The molecular weight excluding hydrogens is 326 g/mol. The Hall–Kier alpha value is -2.73. The molecule has 0 unspecified atom stereocenters. The molecule has 6 heteroatoms. The Kier molecular flexibility index (Phi) is 5.63. The van der Waals surface area contributed by atoms with Gasteiger partial charge in [-0.3, -0.25) is 4.79 Å². The first-order chi connectivity index (χ1) is 12.5. The molecule has 3 rings (SSSR count). The van der Waals surface area contributed by atoms with Gasteiger partial charge >= 0.3 is 0 Å². The van der Waals surface area contributed by atoms with Crippen molar-refractivity contribution in [1.29, 1.82) is 0 Å². The molecule has 6 nitrogen and oxygen atoms in total. The highest BCUT2D eigenvalue weighted by Gasteiger charge is 2.25. The van der Waals surface area contributed by atoms with Gasteiger partial charge in [0, 0.05) is 36.9 Å². The molecular formula is C20H25N5O. The number of carbonyl (C=O) groups excluding carboxylic acids is 1. The molecule has 0 bridgehead atoms. The summed E-state index contributed by atoms with van der Waals surface area (Å²) in [4.78, 5) is 22.2. The van der Waals surface area contributed by atoms with E-state index in [0.717, 1.165) is 43.1 Å². The number of aryl methyl sites for hydroxylation is 1. The third-order valence-electron chi connectivity index (χ3n) is 4.71. The van der Waals surface area contributed by atoms with Crippen LogP contribution in [0.1, 0.15) is 33.9 Å². The Labute approximate surface area is 154 Å². The summed E-state index contributed by atoms with van der Waals surface area (Å²) < 4.78 is 0. The third-order valence-corrected chi connectivity index (χ3v) is 4.71. The Morgan fingerprint density at radius 1 is 1.31 bits per heavy atom. The zero-order valence-corrected chi connectivity index (χ0v) is 15.3. The van der Waals surface area contributed by atoms with Gasteiger partial charge < -0.3 is 16.0 Å². The normalized spacial score (nSPS) is 17.2. The summed E-state index contributed by atoms with van der Waals surface area (Å²) >= 11 is 0. The zero-order chi connectivity index (χ0) is 18.5. The third kappa shape index (κ3) is 4.26. The highest BCUT2D eigenvalue weighted by atomic mass is 16.1. The summed E-state index contributed by atoms with van der Waals surface area (Å²) in [5.74, 6) is 0.315. The molecule has 1 aliphatic rings. The molecule has 0 saturated carbocycles. The molecule has 0 aliphatic carbocycles. The van der Waals surface area contributed by atoms with Gasteiger partial charge in [0.05, 0.1) is 0 Å². The predicted octanol–water partition coefficient (Wildman–Crippen LogP) is 2.07. The summed E-state index contributed by atoms with van der Waals surface area (Å²) in [5.41, 5.74) is 8.35. The van der Waals surface area contributed by atoms with Gasteiger partial charge in [0.2, 0.25) is 5.82 Å². The molecule has 1 saturated heterocycles. The van der Waals surface area contributed by atoms with Gasteiger partial charge in [0.15, 0.2) is 0 Å². The van der Waals surface area contributed by atoms with Crippen LogP contribution < -0.4 is 16.0 Å². The quantitative estimate of drug-likeness (QED) is 0.832. The van der Waals surface area contributed by atoms with E-state index in [1.807, 2.05) is 32.0 Å². The molecule has 1 aliphatic heterocycles. The van der Waals surface area contributed by atoms with Crippen LogP contribution in [-0.2, 0) is 0 Å². The van der Waals surface area contributed by atoms with E-state index in [-0.39, 0.29) is 5.82 Å². The molecule has 1 fully saturated rings. The molecule has 1 aromatic carbocycles. The lowest BCUT2D eigenvalue weighted by molar-refractivity contribution is 0.0990. The van der Waals surface area contributed by atoms with Crippen molar-refractivity contribution >= 4 is 17.8 Å². The van der Waals surface area contributed by atoms with Crippen LogP contribution in [0.2, 0.25) is 0 Å². The van der Waals surface area contributed by atoms with Crippen LogP contribution in [-0.4, -0.2) is 41.6 Å². The number of rotatable bonds is 6.